The van der Waals surface area contributed by atoms with Crippen LogP contribution in [0.3, 0.4) is 0 Å². The first-order valence-corrected chi connectivity index (χ1v) is 2.70. The minimum atomic E-state index is -0.926. The smallest absolute Gasteiger partial charge is 0.303 e. The molecular formula is C5H8BO3. The van der Waals surface area contributed by atoms with Crippen LogP contribution in [0.1, 0.15) is 12.8 Å². The molecule has 1 N–H and O–H groups in total. The molecule has 0 aromatic carbocycles. The summed E-state index contributed by atoms with van der Waals surface area (Å²) in [7, 11) is 1.38. The lowest BCUT2D eigenvalue weighted by molar-refractivity contribution is -0.138. The van der Waals surface area contributed by atoms with Gasteiger partial charge in [-0.2, -0.15) is 0 Å². The van der Waals surface area contributed by atoms with Crippen LogP contribution in [0.5, 0.6) is 0 Å². The van der Waals surface area contributed by atoms with Crippen molar-refractivity contribution < 1.29 is 14.7 Å². The molecule has 0 saturated carbocycles. The van der Waals surface area contributed by atoms with E-state index in [4.69, 9.17) is 5.11 Å². The lowest BCUT2D eigenvalue weighted by Gasteiger charge is -1.89. The largest absolute Gasteiger partial charge is 0.481 e. The molecular weight excluding hydrogens is 119 g/mol. The van der Waals surface area contributed by atoms with Gasteiger partial charge in [-0.25, -0.2) is 0 Å². The van der Waals surface area contributed by atoms with Gasteiger partial charge in [-0.15, -0.1) is 0 Å². The summed E-state index contributed by atoms with van der Waals surface area (Å²) in [5, 5.41) is 8.09. The summed E-state index contributed by atoms with van der Waals surface area (Å²) in [4.78, 5) is 20.3. The first-order valence-electron chi connectivity index (χ1n) is 2.70. The highest BCUT2D eigenvalue weighted by molar-refractivity contribution is 6.72. The normalized spacial score (nSPS) is 8.56. The Bertz CT molecular complexity index is 121. The first kappa shape index (κ1) is 8.20. The molecule has 0 aliphatic carbocycles. The third-order valence-electron chi connectivity index (χ3n) is 0.907. The average Bonchev–Trinajstić information content (AvgIpc) is 1.83. The molecule has 0 amide bonds. The van der Waals surface area contributed by atoms with Crippen molar-refractivity contribution in [1.82, 2.24) is 0 Å². The Balaban J connectivity index is 3.28. The maximum absolute atomic E-state index is 10.4. The van der Waals surface area contributed by atoms with Crippen LogP contribution in [0.4, 0.5) is 0 Å². The monoisotopic (exact) mass is 127 g/mol. The van der Waals surface area contributed by atoms with Crippen LogP contribution in [0.15, 0.2) is 0 Å². The summed E-state index contributed by atoms with van der Waals surface area (Å²) in [6, 6.07) is 0. The molecule has 1 radical (unpaired) electrons. The van der Waals surface area contributed by atoms with Crippen molar-refractivity contribution in [2.24, 2.45) is 0 Å². The molecule has 0 aliphatic rings. The molecule has 0 fully saturated rings. The Morgan fingerprint density at radius 3 is 2.33 bits per heavy atom. The highest BCUT2D eigenvalue weighted by Gasteiger charge is 2.01. The number of hydrogen-bond acceptors (Lipinski definition) is 2. The van der Waals surface area contributed by atoms with Crippen LogP contribution in [0.25, 0.3) is 0 Å². The number of aliphatic carboxylic acids is 1. The third-order valence-corrected chi connectivity index (χ3v) is 0.907. The number of carboxylic acids is 1. The second-order valence-electron chi connectivity index (χ2n) is 1.65. The molecule has 0 atom stereocenters. The molecule has 4 heteroatoms. The molecule has 49 valence electrons. The van der Waals surface area contributed by atoms with Crippen molar-refractivity contribution in [1.29, 1.82) is 0 Å². The van der Waals surface area contributed by atoms with Crippen LogP contribution in [-0.4, -0.2) is 24.0 Å². The summed E-state index contributed by atoms with van der Waals surface area (Å²) >= 11 is 0. The van der Waals surface area contributed by atoms with Crippen molar-refractivity contribution >= 4 is 18.9 Å². The van der Waals surface area contributed by atoms with Gasteiger partial charge in [-0.1, -0.05) is 6.82 Å². The van der Waals surface area contributed by atoms with Gasteiger partial charge in [0.1, 0.15) is 0 Å². The van der Waals surface area contributed by atoms with Crippen LogP contribution in [0.2, 0.25) is 6.82 Å². The van der Waals surface area contributed by atoms with Gasteiger partial charge in [0.25, 0.3) is 0 Å². The molecule has 0 spiro atoms. The predicted octanol–water partition coefficient (Wildman–Crippen LogP) is 0.130. The van der Waals surface area contributed by atoms with E-state index in [-0.39, 0.29) is 18.5 Å². The lowest BCUT2D eigenvalue weighted by atomic mass is 9.75. The fourth-order valence-electron chi connectivity index (χ4n) is 0.374. The van der Waals surface area contributed by atoms with E-state index in [1.807, 2.05) is 0 Å². The Hall–Kier alpha value is -0.795. The van der Waals surface area contributed by atoms with Gasteiger partial charge < -0.3 is 9.90 Å². The van der Waals surface area contributed by atoms with E-state index in [1.54, 1.807) is 6.82 Å². The Labute approximate surface area is 54.3 Å². The van der Waals surface area contributed by atoms with E-state index >= 15 is 0 Å². The second kappa shape index (κ2) is 4.12. The molecule has 0 rings (SSSR count). The van der Waals surface area contributed by atoms with Gasteiger partial charge in [-0.05, 0) is 0 Å². The second-order valence-corrected chi connectivity index (χ2v) is 1.65. The van der Waals surface area contributed by atoms with E-state index in [1.165, 1.54) is 7.28 Å². The molecule has 0 heterocycles. The molecule has 0 unspecified atom stereocenters. The zero-order valence-corrected chi connectivity index (χ0v) is 5.26. The Morgan fingerprint density at radius 2 is 2.00 bits per heavy atom. The van der Waals surface area contributed by atoms with Crippen LogP contribution in [0, 0.1) is 0 Å². The molecule has 0 bridgehead atoms. The maximum Gasteiger partial charge on any atom is 0.303 e. The minimum Gasteiger partial charge on any atom is -0.481 e. The highest BCUT2D eigenvalue weighted by atomic mass is 16.4. The van der Waals surface area contributed by atoms with E-state index in [2.05, 4.69) is 0 Å². The molecule has 9 heavy (non-hydrogen) atoms. The fraction of sp³-hybridized carbons (Fsp3) is 0.600. The molecule has 0 aromatic rings. The van der Waals surface area contributed by atoms with Gasteiger partial charge in [0, 0.05) is 6.42 Å². The molecule has 3 nitrogen and oxygen atoms in total. The van der Waals surface area contributed by atoms with E-state index < -0.39 is 5.97 Å². The molecule has 0 aliphatic heterocycles. The Kier molecular flexibility index (Phi) is 3.76. The summed E-state index contributed by atoms with van der Waals surface area (Å²) < 4.78 is 0. The van der Waals surface area contributed by atoms with Gasteiger partial charge in [0.2, 0.25) is 0 Å². The molecule has 0 saturated heterocycles. The topological polar surface area (TPSA) is 54.4 Å². The average molecular weight is 127 g/mol. The maximum atomic E-state index is 10.4. The summed E-state index contributed by atoms with van der Waals surface area (Å²) in [6.07, 6.45) is 0.0506. The standard InChI is InChI=1S/C5H8BO3/c1-6-4(7)2-3-5(8)9/h2-3H2,1H3,(H,8,9). The Morgan fingerprint density at radius 1 is 1.44 bits per heavy atom. The number of rotatable bonds is 4. The van der Waals surface area contributed by atoms with Crippen molar-refractivity contribution in [3.05, 3.63) is 0 Å². The highest BCUT2D eigenvalue weighted by Crippen LogP contribution is 1.88. The fourth-order valence-corrected chi connectivity index (χ4v) is 0.374. The number of carboxylic acid groups (broad SMARTS) is 1. The number of carbonyl (C=O) groups excluding carboxylic acids is 1. The zero-order valence-electron chi connectivity index (χ0n) is 5.26. The SMILES string of the molecule is C[B]C(=O)CCC(=O)O. The summed E-state index contributed by atoms with van der Waals surface area (Å²) in [5.41, 5.74) is -0.114. The van der Waals surface area contributed by atoms with Crippen molar-refractivity contribution in [2.45, 2.75) is 19.7 Å². The van der Waals surface area contributed by atoms with Crippen LogP contribution >= 0.6 is 0 Å². The lowest BCUT2D eigenvalue weighted by Crippen LogP contribution is -2.07. The minimum absolute atomic E-state index is 0.0663. The summed E-state index contributed by atoms with van der Waals surface area (Å²) in [6.45, 7) is 1.60. The first-order chi connectivity index (χ1) is 4.16. The van der Waals surface area contributed by atoms with E-state index in [0.29, 0.717) is 0 Å². The summed E-state index contributed by atoms with van der Waals surface area (Å²) in [5.74, 6) is -0.926. The van der Waals surface area contributed by atoms with Crippen LogP contribution in [-0.2, 0) is 9.59 Å². The quantitative estimate of drug-likeness (QED) is 0.546. The van der Waals surface area contributed by atoms with Crippen molar-refractivity contribution in [3.8, 4) is 0 Å². The van der Waals surface area contributed by atoms with E-state index in [0.717, 1.165) is 0 Å². The number of carbonyl (C=O) groups is 2. The van der Waals surface area contributed by atoms with E-state index in [9.17, 15) is 9.59 Å². The van der Waals surface area contributed by atoms with Gasteiger partial charge in [0.05, 0.1) is 12.1 Å². The van der Waals surface area contributed by atoms with Gasteiger partial charge >= 0.3 is 5.97 Å². The third kappa shape index (κ3) is 5.07. The molecule has 0 aromatic heterocycles. The van der Waals surface area contributed by atoms with Gasteiger partial charge in [-0.3, -0.25) is 4.79 Å². The van der Waals surface area contributed by atoms with Crippen molar-refractivity contribution in [2.75, 3.05) is 0 Å². The van der Waals surface area contributed by atoms with Crippen LogP contribution < -0.4 is 0 Å². The van der Waals surface area contributed by atoms with Crippen molar-refractivity contribution in [3.63, 3.8) is 0 Å². The predicted molar refractivity (Wildman–Crippen MR) is 33.5 cm³/mol. The number of hydrogen-bond donors (Lipinski definition) is 1. The zero-order chi connectivity index (χ0) is 7.28. The van der Waals surface area contributed by atoms with Gasteiger partial charge in [0.15, 0.2) is 7.28 Å².